The molecule has 0 amide bonds. The van der Waals surface area contributed by atoms with Crippen LogP contribution in [-0.2, 0) is 9.72 Å². The van der Waals surface area contributed by atoms with Gasteiger partial charge in [0.05, 0.1) is 0 Å². The molecule has 0 aromatic heterocycles. The summed E-state index contributed by atoms with van der Waals surface area (Å²) in [4.78, 5) is 20.4. The summed E-state index contributed by atoms with van der Waals surface area (Å²) in [6, 6.07) is 10.3. The van der Waals surface area contributed by atoms with Gasteiger partial charge in [0.25, 0.3) is 0 Å². The third-order valence-corrected chi connectivity index (χ3v) is 6.02. The molecule has 0 spiro atoms. The van der Waals surface area contributed by atoms with Crippen LogP contribution in [0.25, 0.3) is 0 Å². The van der Waals surface area contributed by atoms with Crippen molar-refractivity contribution in [2.75, 3.05) is 0 Å². The smallest absolute Gasteiger partial charge is 0.324 e. The Balaban J connectivity index is 2.65. The summed E-state index contributed by atoms with van der Waals surface area (Å²) >= 11 is 0. The van der Waals surface area contributed by atoms with Gasteiger partial charge in [0, 0.05) is 0 Å². The van der Waals surface area contributed by atoms with Crippen LogP contribution >= 0.6 is 7.60 Å². The lowest BCUT2D eigenvalue weighted by molar-refractivity contribution is 0.329. The van der Waals surface area contributed by atoms with Crippen molar-refractivity contribution in [3.8, 4) is 0 Å². The maximum atomic E-state index is 13.3. The van der Waals surface area contributed by atoms with Crippen molar-refractivity contribution in [1.82, 2.24) is 0 Å². The van der Waals surface area contributed by atoms with E-state index in [0.717, 1.165) is 12.8 Å². The predicted molar refractivity (Wildman–Crippen MR) is 89.8 cm³/mol. The van der Waals surface area contributed by atoms with E-state index in [1.165, 1.54) is 48.5 Å². The maximum Gasteiger partial charge on any atom is 0.340 e. The highest BCUT2D eigenvalue weighted by Crippen LogP contribution is 2.63. The average Bonchev–Trinajstić information content (AvgIpc) is 2.53. The maximum absolute atomic E-state index is 13.3. The number of unbranched alkanes of at least 4 members (excludes halogenated alkanes) is 2. The number of rotatable bonds is 7. The molecule has 2 aromatic rings. The number of benzene rings is 2. The lowest BCUT2D eigenvalue weighted by Crippen LogP contribution is -2.28. The van der Waals surface area contributed by atoms with Crippen molar-refractivity contribution in [3.05, 3.63) is 71.3 Å². The van der Waals surface area contributed by atoms with Crippen molar-refractivity contribution in [1.29, 1.82) is 0 Å². The topological polar surface area (TPSA) is 57.5 Å². The number of hydrogen-bond acceptors (Lipinski definition) is 1. The number of halogens is 2. The van der Waals surface area contributed by atoms with Gasteiger partial charge in [0.15, 0.2) is 0 Å². The largest absolute Gasteiger partial charge is 0.340 e. The van der Waals surface area contributed by atoms with E-state index in [9.17, 15) is 23.1 Å². The highest BCUT2D eigenvalue weighted by Gasteiger charge is 2.49. The van der Waals surface area contributed by atoms with Crippen LogP contribution in [0.5, 0.6) is 0 Å². The molecule has 0 heterocycles. The van der Waals surface area contributed by atoms with Gasteiger partial charge in [-0.2, -0.15) is 0 Å². The zero-order valence-corrected chi connectivity index (χ0v) is 14.3. The Bertz CT molecular complexity index is 663. The Morgan fingerprint density at radius 3 is 1.62 bits per heavy atom. The van der Waals surface area contributed by atoms with Gasteiger partial charge in [-0.15, -0.1) is 0 Å². The van der Waals surface area contributed by atoms with Gasteiger partial charge >= 0.3 is 7.60 Å². The van der Waals surface area contributed by atoms with Crippen LogP contribution in [0.15, 0.2) is 48.5 Å². The van der Waals surface area contributed by atoms with Crippen LogP contribution < -0.4 is 0 Å². The normalized spacial score (nSPS) is 12.4. The second-order valence-corrected chi connectivity index (χ2v) is 7.73. The minimum Gasteiger partial charge on any atom is -0.324 e. The minimum absolute atomic E-state index is 0.197. The molecule has 0 fully saturated rings. The molecule has 0 aliphatic heterocycles. The van der Waals surface area contributed by atoms with Crippen LogP contribution in [-0.4, -0.2) is 9.79 Å². The lowest BCUT2D eigenvalue weighted by atomic mass is 9.85. The summed E-state index contributed by atoms with van der Waals surface area (Å²) in [5, 5.41) is -1.61. The standard InChI is InChI=1S/C18H21F2O3P/c1-2-3-4-13-18(24(21,22)23,14-5-9-16(19)10-6-14)15-7-11-17(20)12-8-15/h5-12H,2-4,13H2,1H3,(H2,21,22,23). The molecule has 2 aromatic carbocycles. The predicted octanol–water partition coefficient (Wildman–Crippen LogP) is 4.97. The first-order valence-corrected chi connectivity index (χ1v) is 9.50. The monoisotopic (exact) mass is 354 g/mol. The molecule has 0 unspecified atom stereocenters. The average molecular weight is 354 g/mol. The first-order chi connectivity index (χ1) is 11.3. The second kappa shape index (κ2) is 7.56. The van der Waals surface area contributed by atoms with Gasteiger partial charge in [-0.1, -0.05) is 50.5 Å². The van der Waals surface area contributed by atoms with Gasteiger partial charge in [-0.25, -0.2) is 8.78 Å². The van der Waals surface area contributed by atoms with Crippen molar-refractivity contribution in [2.24, 2.45) is 0 Å². The van der Waals surface area contributed by atoms with Crippen LogP contribution in [0.3, 0.4) is 0 Å². The molecule has 3 nitrogen and oxygen atoms in total. The third-order valence-electron chi connectivity index (χ3n) is 4.28. The first-order valence-electron chi connectivity index (χ1n) is 7.89. The third kappa shape index (κ3) is 3.75. The van der Waals surface area contributed by atoms with Gasteiger partial charge < -0.3 is 9.79 Å². The summed E-state index contributed by atoms with van der Waals surface area (Å²) < 4.78 is 39.1. The molecular weight excluding hydrogens is 333 g/mol. The second-order valence-electron chi connectivity index (χ2n) is 5.88. The Morgan fingerprint density at radius 1 is 0.875 bits per heavy atom. The molecular formula is C18H21F2O3P. The van der Waals surface area contributed by atoms with Crippen LogP contribution in [0.2, 0.25) is 0 Å². The van der Waals surface area contributed by atoms with Crippen molar-refractivity contribution >= 4 is 7.60 Å². The molecule has 24 heavy (non-hydrogen) atoms. The lowest BCUT2D eigenvalue weighted by Gasteiger charge is -2.35. The summed E-state index contributed by atoms with van der Waals surface area (Å²) in [7, 11) is -4.67. The van der Waals surface area contributed by atoms with E-state index in [0.29, 0.717) is 17.5 Å². The molecule has 130 valence electrons. The van der Waals surface area contributed by atoms with E-state index in [-0.39, 0.29) is 6.42 Å². The molecule has 0 saturated carbocycles. The summed E-state index contributed by atoms with van der Waals surface area (Å²) in [6.45, 7) is 1.99. The van der Waals surface area contributed by atoms with Crippen molar-refractivity contribution in [2.45, 2.75) is 37.8 Å². The Kier molecular flexibility index (Phi) is 5.92. The fourth-order valence-corrected chi connectivity index (χ4v) is 4.44. The zero-order chi connectivity index (χ0) is 17.8. The molecule has 0 bridgehead atoms. The molecule has 6 heteroatoms. The minimum atomic E-state index is -4.67. The van der Waals surface area contributed by atoms with Gasteiger partial charge in [0.1, 0.15) is 16.8 Å². The Hall–Kier alpha value is -1.55. The van der Waals surface area contributed by atoms with Crippen molar-refractivity contribution < 1.29 is 23.1 Å². The highest BCUT2D eigenvalue weighted by atomic mass is 31.2. The van der Waals surface area contributed by atoms with Crippen LogP contribution in [0.1, 0.15) is 43.7 Å². The molecule has 0 radical (unpaired) electrons. The summed E-state index contributed by atoms with van der Waals surface area (Å²) in [6.07, 6.45) is 2.49. The molecule has 0 atom stereocenters. The van der Waals surface area contributed by atoms with E-state index in [4.69, 9.17) is 0 Å². The number of hydrogen-bond donors (Lipinski definition) is 2. The van der Waals surface area contributed by atoms with E-state index in [1.807, 2.05) is 6.92 Å². The summed E-state index contributed by atoms with van der Waals surface area (Å²) in [5.41, 5.74) is 0.667. The van der Waals surface area contributed by atoms with Crippen LogP contribution in [0.4, 0.5) is 8.78 Å². The van der Waals surface area contributed by atoms with Gasteiger partial charge in [-0.3, -0.25) is 4.57 Å². The van der Waals surface area contributed by atoms with Crippen molar-refractivity contribution in [3.63, 3.8) is 0 Å². The molecule has 0 aliphatic carbocycles. The van der Waals surface area contributed by atoms with Gasteiger partial charge in [0.2, 0.25) is 0 Å². The fourth-order valence-electron chi connectivity index (χ4n) is 3.02. The molecule has 0 aliphatic rings. The highest BCUT2D eigenvalue weighted by molar-refractivity contribution is 7.53. The quantitative estimate of drug-likeness (QED) is 0.545. The summed E-state index contributed by atoms with van der Waals surface area (Å²) in [5.74, 6) is -0.961. The Labute approximate surface area is 140 Å². The van der Waals surface area contributed by atoms with E-state index >= 15 is 0 Å². The molecule has 0 saturated heterocycles. The van der Waals surface area contributed by atoms with E-state index in [2.05, 4.69) is 0 Å². The van der Waals surface area contributed by atoms with Gasteiger partial charge in [-0.05, 0) is 41.8 Å². The SMILES string of the molecule is CCCCCC(c1ccc(F)cc1)(c1ccc(F)cc1)P(=O)(O)O. The Morgan fingerprint density at radius 2 is 1.29 bits per heavy atom. The zero-order valence-electron chi connectivity index (χ0n) is 13.5. The van der Waals surface area contributed by atoms with E-state index in [1.54, 1.807) is 0 Å². The first kappa shape index (κ1) is 18.8. The fraction of sp³-hybridized carbons (Fsp3) is 0.333. The van der Waals surface area contributed by atoms with Crippen LogP contribution in [0, 0.1) is 11.6 Å². The molecule has 2 N–H and O–H groups in total. The molecule has 2 rings (SSSR count). The van der Waals surface area contributed by atoms with E-state index < -0.39 is 24.4 Å².